The highest BCUT2D eigenvalue weighted by Gasteiger charge is 2.22. The number of thiophene rings is 5. The molecule has 0 saturated carbocycles. The van der Waals surface area contributed by atoms with E-state index in [9.17, 15) is 0 Å². The van der Waals surface area contributed by atoms with E-state index in [2.05, 4.69) is 384 Å². The third-order valence-electron chi connectivity index (χ3n) is 24.0. The molecule has 0 aliphatic rings. The summed E-state index contributed by atoms with van der Waals surface area (Å²) >= 11 is 9.38. The predicted molar refractivity (Wildman–Crippen MR) is 510 cm³/mol. The molecule has 546 valence electrons. The average molecular weight is 1580 g/mol. The number of nitrogens with zero attached hydrogens (tertiary/aromatic N) is 3. The first-order valence-electron chi connectivity index (χ1n) is 39.6. The molecule has 18 aromatic carbocycles. The first-order chi connectivity index (χ1) is 57.9. The molecule has 117 heavy (non-hydrogen) atoms. The zero-order valence-corrected chi connectivity index (χ0v) is 66.7. The Bertz CT molecular complexity index is 8420. The molecule has 27 aromatic rings. The summed E-state index contributed by atoms with van der Waals surface area (Å²) in [6.07, 6.45) is 0. The molecule has 0 N–H and O–H groups in total. The smallest absolute Gasteiger partial charge is 0.136 e. The Kier molecular flexibility index (Phi) is 15.0. The molecule has 0 unspecified atom stereocenters. The molecule has 0 fully saturated rings. The molecule has 0 bridgehead atoms. The van der Waals surface area contributed by atoms with Gasteiger partial charge < -0.3 is 18.1 Å². The van der Waals surface area contributed by atoms with Crippen molar-refractivity contribution in [3.05, 3.63) is 382 Å². The molecule has 9 heterocycles. The molecule has 0 aliphatic carbocycles. The van der Waals surface area contributed by atoms with Crippen molar-refractivity contribution < 1.29 is 4.42 Å². The third-order valence-corrected chi connectivity index (χ3v) is 29.7. The quantitative estimate of drug-likeness (QED) is 0.163. The van der Waals surface area contributed by atoms with Crippen molar-refractivity contribution in [1.82, 2.24) is 13.7 Å². The van der Waals surface area contributed by atoms with Gasteiger partial charge in [0, 0.05) is 161 Å². The van der Waals surface area contributed by atoms with Gasteiger partial charge in [-0.05, 0) is 191 Å². The van der Waals surface area contributed by atoms with Crippen LogP contribution < -0.4 is 0 Å². The first-order valence-corrected chi connectivity index (χ1v) is 43.6. The molecule has 9 aromatic heterocycles. The highest BCUT2D eigenvalue weighted by molar-refractivity contribution is 7.27. The SMILES string of the molecule is c1ccc2c(c1)oc1cc(-c3ccc(-n4c5ccccc5c5cc6sc7ccccc7c6cc54)cc3)ccc12.c1ccc2c(c1)sc1cc(-c3ccc(-n4c5ccccc5c5cc6sc7ccccc7c6cc54)cc3)ccc12.c1ccc2c(c1)sc1ccc(-c3ccc(-n4c5ccccc5c5cc6sc7ccccc7c6cc54)cc3)cc12. The summed E-state index contributed by atoms with van der Waals surface area (Å²) in [5, 5.41) is 23.5. The normalized spacial score (nSPS) is 12.1. The second-order valence-electron chi connectivity index (χ2n) is 30.5. The number of hydrogen-bond donors (Lipinski definition) is 0. The second-order valence-corrected chi connectivity index (χ2v) is 35.9. The standard InChI is InChI=1S/C36H21NOS.2C36H21NS2/c1-4-10-31-25(7-1)29-21-36-30(28-9-3-6-12-35(28)39-36)20-32(29)37(31)24-16-13-22(14-17-24)23-15-18-27-26-8-2-5-11-33(26)38-34(27)19-23;1-4-10-31-25(7-1)28-21-36-30(27-9-3-6-12-34(27)39-36)20-32(28)37(31)24-16-13-22(14-17-24)23-15-18-35-29(19-23)26-8-2-5-11-33(26)38-35;1-4-10-31-25(7-1)29-21-36-30(27-9-3-6-12-34(27)39-36)20-32(29)37(31)24-16-13-22(14-17-24)23-15-18-28-26-8-2-5-11-33(26)38-35(28)19-23/h3*1-21H. The molecule has 9 heteroatoms. The number of benzene rings is 18. The molecule has 0 aliphatic heterocycles. The maximum atomic E-state index is 6.15. The van der Waals surface area contributed by atoms with Gasteiger partial charge >= 0.3 is 0 Å². The van der Waals surface area contributed by atoms with Crippen molar-refractivity contribution in [3.63, 3.8) is 0 Å². The molecule has 0 atom stereocenters. The van der Waals surface area contributed by atoms with Gasteiger partial charge in [0.2, 0.25) is 0 Å². The zero-order chi connectivity index (χ0) is 76.5. The lowest BCUT2D eigenvalue weighted by molar-refractivity contribution is 0.669. The molecule has 0 amide bonds. The van der Waals surface area contributed by atoms with Gasteiger partial charge in [0.05, 0.1) is 33.1 Å². The van der Waals surface area contributed by atoms with Gasteiger partial charge in [-0.2, -0.15) is 0 Å². The maximum Gasteiger partial charge on any atom is 0.136 e. The molecule has 4 nitrogen and oxygen atoms in total. The summed E-state index contributed by atoms with van der Waals surface area (Å²) in [6.45, 7) is 0. The van der Waals surface area contributed by atoms with E-state index in [1.807, 2.05) is 68.8 Å². The third kappa shape index (κ3) is 10.7. The van der Waals surface area contributed by atoms with Crippen molar-refractivity contribution >= 4 is 245 Å². The van der Waals surface area contributed by atoms with Crippen molar-refractivity contribution in [1.29, 1.82) is 0 Å². The van der Waals surface area contributed by atoms with Crippen LogP contribution in [0, 0.1) is 0 Å². The van der Waals surface area contributed by atoms with Gasteiger partial charge in [-0.3, -0.25) is 0 Å². The molecule has 27 rings (SSSR count). The lowest BCUT2D eigenvalue weighted by atomic mass is 10.0. The summed E-state index contributed by atoms with van der Waals surface area (Å²) in [6, 6.07) is 140. The number of para-hydroxylation sites is 4. The topological polar surface area (TPSA) is 27.9 Å². The van der Waals surface area contributed by atoms with E-state index in [1.165, 1.54) is 205 Å². The minimum absolute atomic E-state index is 0.923. The highest BCUT2D eigenvalue weighted by Crippen LogP contribution is 2.47. The lowest BCUT2D eigenvalue weighted by Crippen LogP contribution is -1.93. The van der Waals surface area contributed by atoms with Crippen LogP contribution in [0.15, 0.2) is 387 Å². The van der Waals surface area contributed by atoms with E-state index in [0.29, 0.717) is 0 Å². The summed E-state index contributed by atoms with van der Waals surface area (Å²) in [5.41, 5.74) is 20.2. The Hall–Kier alpha value is -13.7. The van der Waals surface area contributed by atoms with E-state index < -0.39 is 0 Å². The summed E-state index contributed by atoms with van der Waals surface area (Å²) < 4.78 is 26.8. The fourth-order valence-electron chi connectivity index (χ4n) is 18.5. The van der Waals surface area contributed by atoms with Gasteiger partial charge in [0.25, 0.3) is 0 Å². The summed E-state index contributed by atoms with van der Waals surface area (Å²) in [7, 11) is 0. The Morgan fingerprint density at radius 3 is 0.821 bits per heavy atom. The maximum absolute atomic E-state index is 6.15. The monoisotopic (exact) mass is 1580 g/mol. The lowest BCUT2D eigenvalue weighted by Gasteiger charge is -2.10. The van der Waals surface area contributed by atoms with Crippen LogP contribution in [0.3, 0.4) is 0 Å². The Morgan fingerprint density at radius 1 is 0.145 bits per heavy atom. The van der Waals surface area contributed by atoms with E-state index in [1.54, 1.807) is 0 Å². The van der Waals surface area contributed by atoms with Crippen molar-refractivity contribution in [2.24, 2.45) is 0 Å². The van der Waals surface area contributed by atoms with E-state index in [-0.39, 0.29) is 0 Å². The largest absolute Gasteiger partial charge is 0.456 e. The predicted octanol–water partition coefficient (Wildman–Crippen LogP) is 33.1. The van der Waals surface area contributed by atoms with Crippen LogP contribution in [-0.2, 0) is 0 Å². The van der Waals surface area contributed by atoms with E-state index >= 15 is 0 Å². The minimum Gasteiger partial charge on any atom is -0.456 e. The van der Waals surface area contributed by atoms with Gasteiger partial charge in [-0.15, -0.1) is 56.7 Å². The fourth-order valence-corrected chi connectivity index (χ4v) is 24.1. The van der Waals surface area contributed by atoms with Crippen molar-refractivity contribution in [2.45, 2.75) is 0 Å². The minimum atomic E-state index is 0.923. The number of rotatable bonds is 6. The van der Waals surface area contributed by atoms with Crippen LogP contribution >= 0.6 is 56.7 Å². The first kappa shape index (κ1) is 66.7. The van der Waals surface area contributed by atoms with E-state index in [0.717, 1.165) is 33.2 Å². The number of hydrogen-bond acceptors (Lipinski definition) is 6. The highest BCUT2D eigenvalue weighted by atomic mass is 32.1. The van der Waals surface area contributed by atoms with Crippen LogP contribution in [0.2, 0.25) is 0 Å². The second kappa shape index (κ2) is 26.4. The summed E-state index contributed by atoms with van der Waals surface area (Å²) in [4.78, 5) is 0. The van der Waals surface area contributed by atoms with Gasteiger partial charge in [-0.1, -0.05) is 224 Å². The van der Waals surface area contributed by atoms with Crippen molar-refractivity contribution in [2.75, 3.05) is 0 Å². The van der Waals surface area contributed by atoms with Crippen molar-refractivity contribution in [3.8, 4) is 50.4 Å². The molecule has 0 saturated heterocycles. The summed E-state index contributed by atoms with van der Waals surface area (Å²) in [5.74, 6) is 0. The van der Waals surface area contributed by atoms with E-state index in [4.69, 9.17) is 4.42 Å². The molecular formula is C108H63N3OS5. The van der Waals surface area contributed by atoms with Gasteiger partial charge in [0.1, 0.15) is 11.2 Å². The van der Waals surface area contributed by atoms with Crippen LogP contribution in [0.1, 0.15) is 0 Å². The number of aromatic nitrogens is 3. The van der Waals surface area contributed by atoms with Gasteiger partial charge in [0.15, 0.2) is 0 Å². The van der Waals surface area contributed by atoms with Crippen LogP contribution in [-0.4, -0.2) is 13.7 Å². The van der Waals surface area contributed by atoms with Crippen LogP contribution in [0.5, 0.6) is 0 Å². The Morgan fingerprint density at radius 2 is 0.410 bits per heavy atom. The van der Waals surface area contributed by atoms with Gasteiger partial charge in [-0.25, -0.2) is 0 Å². The Balaban J connectivity index is 0.0000000980. The van der Waals surface area contributed by atoms with Crippen LogP contribution in [0.25, 0.3) is 239 Å². The average Bonchev–Trinajstić information content (AvgIpc) is 1.58. The number of furan rings is 1. The molecular weight excluding hydrogens is 1520 g/mol. The fraction of sp³-hybridized carbons (Fsp3) is 0. The Labute approximate surface area is 689 Å². The molecule has 0 spiro atoms. The zero-order valence-electron chi connectivity index (χ0n) is 62.7. The molecule has 0 radical (unpaired) electrons. The van der Waals surface area contributed by atoms with Crippen LogP contribution in [0.4, 0.5) is 0 Å². The number of fused-ring (bicyclic) bond motifs is 27.